The molecule has 1 atom stereocenters. The Hall–Kier alpha value is -3.27. The minimum absolute atomic E-state index is 0.100. The predicted octanol–water partition coefficient (Wildman–Crippen LogP) is 2.66. The zero-order valence-corrected chi connectivity index (χ0v) is 17.5. The minimum atomic E-state index is -3.92. The first kappa shape index (κ1) is 21.4. The Kier molecular flexibility index (Phi) is 6.16. The van der Waals surface area contributed by atoms with Crippen molar-refractivity contribution < 1.29 is 22.1 Å². The molecule has 0 fully saturated rings. The van der Waals surface area contributed by atoms with E-state index >= 15 is 0 Å². The van der Waals surface area contributed by atoms with Crippen molar-refractivity contribution in [1.29, 1.82) is 0 Å². The van der Waals surface area contributed by atoms with Crippen LogP contribution in [0.2, 0.25) is 0 Å². The molecule has 1 aromatic heterocycles. The number of aryl methyl sites for hydroxylation is 1. The standard InChI is InChI=1S/C20H21FN4O4S/c1-13-8-10-15(11-9-13)19-23-18(29-24-19)12-22-20(26)14(2)25(30(3,27)28)17-7-5-4-6-16(17)21/h4-11,14H,12H2,1-3H3,(H,22,26)/t14-/m1/s1. The van der Waals surface area contributed by atoms with E-state index in [-0.39, 0.29) is 18.1 Å². The molecule has 1 amide bonds. The molecule has 0 spiro atoms. The predicted molar refractivity (Wildman–Crippen MR) is 110 cm³/mol. The molecular formula is C20H21FN4O4S. The Bertz CT molecular complexity index is 1150. The lowest BCUT2D eigenvalue weighted by Crippen LogP contribution is -2.48. The number of rotatable bonds is 7. The van der Waals surface area contributed by atoms with Gasteiger partial charge in [0.1, 0.15) is 11.9 Å². The summed E-state index contributed by atoms with van der Waals surface area (Å²) in [6.45, 7) is 3.23. The number of hydrogen-bond acceptors (Lipinski definition) is 6. The number of benzene rings is 2. The molecule has 3 rings (SSSR count). The van der Waals surface area contributed by atoms with E-state index in [0.29, 0.717) is 5.82 Å². The number of halogens is 1. The lowest BCUT2D eigenvalue weighted by molar-refractivity contribution is -0.122. The number of hydrogen-bond donors (Lipinski definition) is 1. The third-order valence-corrected chi connectivity index (χ3v) is 5.60. The number of carbonyl (C=O) groups is 1. The van der Waals surface area contributed by atoms with Crippen molar-refractivity contribution in [2.45, 2.75) is 26.4 Å². The van der Waals surface area contributed by atoms with E-state index in [1.165, 1.54) is 25.1 Å². The Morgan fingerprint density at radius 3 is 2.50 bits per heavy atom. The molecule has 10 heteroatoms. The van der Waals surface area contributed by atoms with Crippen LogP contribution in [0.1, 0.15) is 18.4 Å². The van der Waals surface area contributed by atoms with Gasteiger partial charge in [0.05, 0.1) is 18.5 Å². The van der Waals surface area contributed by atoms with Crippen molar-refractivity contribution >= 4 is 21.6 Å². The third-order valence-electron chi connectivity index (χ3n) is 4.37. The van der Waals surface area contributed by atoms with Crippen molar-refractivity contribution in [2.75, 3.05) is 10.6 Å². The Balaban J connectivity index is 1.72. The second kappa shape index (κ2) is 8.62. The number of para-hydroxylation sites is 1. The Morgan fingerprint density at radius 2 is 1.87 bits per heavy atom. The molecule has 0 saturated heterocycles. The lowest BCUT2D eigenvalue weighted by Gasteiger charge is -2.28. The van der Waals surface area contributed by atoms with Gasteiger partial charge in [-0.1, -0.05) is 47.1 Å². The maximum atomic E-state index is 14.2. The van der Waals surface area contributed by atoms with Gasteiger partial charge < -0.3 is 9.84 Å². The molecule has 0 aliphatic carbocycles. The summed E-state index contributed by atoms with van der Waals surface area (Å²) in [5.74, 6) is -0.861. The van der Waals surface area contributed by atoms with E-state index < -0.39 is 27.8 Å². The summed E-state index contributed by atoms with van der Waals surface area (Å²) >= 11 is 0. The van der Waals surface area contributed by atoms with Crippen LogP contribution in [-0.4, -0.2) is 36.8 Å². The minimum Gasteiger partial charge on any atom is -0.345 e. The fraction of sp³-hybridized carbons (Fsp3) is 0.250. The van der Waals surface area contributed by atoms with Crippen LogP contribution in [0.25, 0.3) is 11.4 Å². The summed E-state index contributed by atoms with van der Waals surface area (Å²) in [4.78, 5) is 16.8. The van der Waals surface area contributed by atoms with Crippen LogP contribution in [0, 0.1) is 12.7 Å². The number of sulfonamides is 1. The highest BCUT2D eigenvalue weighted by atomic mass is 32.2. The number of nitrogens with zero attached hydrogens (tertiary/aromatic N) is 3. The molecule has 8 nitrogen and oxygen atoms in total. The van der Waals surface area contributed by atoms with E-state index in [2.05, 4.69) is 15.5 Å². The summed E-state index contributed by atoms with van der Waals surface area (Å²) in [6.07, 6.45) is 0.912. The van der Waals surface area contributed by atoms with Crippen molar-refractivity contribution in [3.63, 3.8) is 0 Å². The fourth-order valence-electron chi connectivity index (χ4n) is 2.87. The maximum absolute atomic E-state index is 14.2. The molecule has 0 aliphatic rings. The van der Waals surface area contributed by atoms with Crippen molar-refractivity contribution in [3.05, 3.63) is 65.8 Å². The SMILES string of the molecule is Cc1ccc(-c2noc(CNC(=O)[C@@H](C)N(c3ccccc3F)S(C)(=O)=O)n2)cc1. The van der Waals surface area contributed by atoms with Gasteiger partial charge in [-0.25, -0.2) is 12.8 Å². The average molecular weight is 432 g/mol. The van der Waals surface area contributed by atoms with Crippen molar-refractivity contribution in [1.82, 2.24) is 15.5 Å². The largest absolute Gasteiger partial charge is 0.345 e. The monoisotopic (exact) mass is 432 g/mol. The molecule has 0 saturated carbocycles. The molecule has 158 valence electrons. The summed E-state index contributed by atoms with van der Waals surface area (Å²) in [7, 11) is -3.92. The van der Waals surface area contributed by atoms with Crippen LogP contribution >= 0.6 is 0 Å². The van der Waals surface area contributed by atoms with Gasteiger partial charge in [0.15, 0.2) is 0 Å². The van der Waals surface area contributed by atoms with E-state index in [9.17, 15) is 17.6 Å². The zero-order chi connectivity index (χ0) is 21.9. The molecule has 0 bridgehead atoms. The van der Waals surface area contributed by atoms with Gasteiger partial charge in [-0.15, -0.1) is 0 Å². The van der Waals surface area contributed by atoms with Crippen LogP contribution in [0.3, 0.4) is 0 Å². The number of amides is 1. The van der Waals surface area contributed by atoms with Gasteiger partial charge in [-0.2, -0.15) is 4.98 Å². The summed E-state index contributed by atoms with van der Waals surface area (Å²) in [5.41, 5.74) is 1.65. The summed E-state index contributed by atoms with van der Waals surface area (Å²) in [5, 5.41) is 6.43. The third kappa shape index (κ3) is 4.82. The molecule has 1 heterocycles. The highest BCUT2D eigenvalue weighted by Crippen LogP contribution is 2.24. The molecule has 2 aromatic carbocycles. The summed E-state index contributed by atoms with van der Waals surface area (Å²) in [6, 6.07) is 11.7. The first-order chi connectivity index (χ1) is 14.2. The Labute approximate surface area is 173 Å². The quantitative estimate of drug-likeness (QED) is 0.615. The molecule has 0 radical (unpaired) electrons. The smallest absolute Gasteiger partial charge is 0.246 e. The van der Waals surface area contributed by atoms with Gasteiger partial charge in [0.25, 0.3) is 0 Å². The van der Waals surface area contributed by atoms with Gasteiger partial charge in [-0.05, 0) is 26.0 Å². The van der Waals surface area contributed by atoms with Crippen LogP contribution in [0.4, 0.5) is 10.1 Å². The Morgan fingerprint density at radius 1 is 1.20 bits per heavy atom. The number of anilines is 1. The van der Waals surface area contributed by atoms with Crippen LogP contribution in [0.5, 0.6) is 0 Å². The van der Waals surface area contributed by atoms with Crippen molar-refractivity contribution in [3.8, 4) is 11.4 Å². The number of nitrogens with one attached hydrogen (secondary N) is 1. The second-order valence-electron chi connectivity index (χ2n) is 6.78. The van der Waals surface area contributed by atoms with Gasteiger partial charge in [0, 0.05) is 5.56 Å². The second-order valence-corrected chi connectivity index (χ2v) is 8.64. The highest BCUT2D eigenvalue weighted by Gasteiger charge is 2.31. The zero-order valence-electron chi connectivity index (χ0n) is 16.7. The first-order valence-electron chi connectivity index (χ1n) is 9.08. The molecule has 0 aliphatic heterocycles. The van der Waals surface area contributed by atoms with Crippen LogP contribution < -0.4 is 9.62 Å². The molecule has 1 N–H and O–H groups in total. The van der Waals surface area contributed by atoms with E-state index in [4.69, 9.17) is 4.52 Å². The molecule has 0 unspecified atom stereocenters. The fourth-order valence-corrected chi connectivity index (χ4v) is 4.04. The van der Waals surface area contributed by atoms with Crippen LogP contribution in [0.15, 0.2) is 53.1 Å². The maximum Gasteiger partial charge on any atom is 0.246 e. The first-order valence-corrected chi connectivity index (χ1v) is 10.9. The molecule has 3 aromatic rings. The van der Waals surface area contributed by atoms with Crippen LogP contribution in [-0.2, 0) is 21.4 Å². The normalized spacial score (nSPS) is 12.4. The van der Waals surface area contributed by atoms with Crippen molar-refractivity contribution in [2.24, 2.45) is 0 Å². The van der Waals surface area contributed by atoms with E-state index in [0.717, 1.165) is 27.8 Å². The number of aromatic nitrogens is 2. The topological polar surface area (TPSA) is 105 Å². The molecule has 30 heavy (non-hydrogen) atoms. The van der Waals surface area contributed by atoms with Gasteiger partial charge in [0.2, 0.25) is 27.6 Å². The number of carbonyl (C=O) groups excluding carboxylic acids is 1. The van der Waals surface area contributed by atoms with E-state index in [1.807, 2.05) is 31.2 Å². The van der Waals surface area contributed by atoms with Gasteiger partial charge >= 0.3 is 0 Å². The summed E-state index contributed by atoms with van der Waals surface area (Å²) < 4.78 is 44.5. The highest BCUT2D eigenvalue weighted by molar-refractivity contribution is 7.92. The average Bonchev–Trinajstić information content (AvgIpc) is 3.16. The molecular weight excluding hydrogens is 411 g/mol. The van der Waals surface area contributed by atoms with Gasteiger partial charge in [-0.3, -0.25) is 9.10 Å². The lowest BCUT2D eigenvalue weighted by atomic mass is 10.1. The van der Waals surface area contributed by atoms with E-state index in [1.54, 1.807) is 0 Å².